The number of hydrogen-bond donors (Lipinski definition) is 2. The van der Waals surface area contributed by atoms with Gasteiger partial charge < -0.3 is 5.32 Å². The highest BCUT2D eigenvalue weighted by atomic mass is 35.5. The average molecular weight is 441 g/mol. The third-order valence-electron chi connectivity index (χ3n) is 4.64. The van der Waals surface area contributed by atoms with Gasteiger partial charge in [-0.2, -0.15) is 5.10 Å². The van der Waals surface area contributed by atoms with E-state index in [0.717, 1.165) is 10.4 Å². The molecule has 0 spiro atoms. The third kappa shape index (κ3) is 5.49. The molecule has 0 radical (unpaired) electrons. The molecular formula is C23H25ClN4O3. The third-order valence-corrected chi connectivity index (χ3v) is 4.90. The Bertz CT molecular complexity index is 1180. The minimum atomic E-state index is -0.635. The zero-order valence-corrected chi connectivity index (χ0v) is 18.7. The Morgan fingerprint density at radius 1 is 1.06 bits per heavy atom. The summed E-state index contributed by atoms with van der Waals surface area (Å²) in [6.07, 6.45) is 0.0491. The molecule has 0 saturated heterocycles. The maximum absolute atomic E-state index is 12.9. The highest BCUT2D eigenvalue weighted by molar-refractivity contribution is 6.30. The fourth-order valence-electron chi connectivity index (χ4n) is 3.16. The Morgan fingerprint density at radius 3 is 2.29 bits per heavy atom. The van der Waals surface area contributed by atoms with Gasteiger partial charge in [-0.3, -0.25) is 14.4 Å². The number of halogens is 1. The fraction of sp³-hybridized carbons (Fsp3) is 0.304. The Hall–Kier alpha value is -3.19. The van der Waals surface area contributed by atoms with Crippen LogP contribution < -0.4 is 16.3 Å². The first-order valence-corrected chi connectivity index (χ1v) is 10.3. The number of nitrogens with zero attached hydrogens (tertiary/aromatic N) is 2. The number of aromatic nitrogens is 2. The molecule has 1 atom stereocenters. The first-order chi connectivity index (χ1) is 14.5. The van der Waals surface area contributed by atoms with Gasteiger partial charge in [0.1, 0.15) is 0 Å². The van der Waals surface area contributed by atoms with Gasteiger partial charge in [0.05, 0.1) is 23.4 Å². The molecule has 3 aromatic rings. The number of carbonyl (C=O) groups is 2. The van der Waals surface area contributed by atoms with Crippen molar-refractivity contribution in [3.8, 4) is 0 Å². The van der Waals surface area contributed by atoms with Crippen LogP contribution in [-0.4, -0.2) is 27.2 Å². The van der Waals surface area contributed by atoms with Crippen LogP contribution in [0.4, 0.5) is 0 Å². The summed E-state index contributed by atoms with van der Waals surface area (Å²) in [5, 5.41) is 8.79. The highest BCUT2D eigenvalue weighted by Gasteiger charge is 2.25. The van der Waals surface area contributed by atoms with Crippen molar-refractivity contribution < 1.29 is 9.59 Å². The molecule has 0 saturated carbocycles. The lowest BCUT2D eigenvalue weighted by Gasteiger charge is -2.23. The predicted octanol–water partition coefficient (Wildman–Crippen LogP) is 3.38. The first-order valence-electron chi connectivity index (χ1n) is 9.93. The van der Waals surface area contributed by atoms with Gasteiger partial charge >= 0.3 is 0 Å². The molecule has 0 aliphatic rings. The molecule has 3 rings (SSSR count). The van der Waals surface area contributed by atoms with Crippen molar-refractivity contribution in [1.82, 2.24) is 15.2 Å². The zero-order valence-electron chi connectivity index (χ0n) is 17.9. The number of carbonyl (C=O) groups excluding carboxylic acids is 2. The molecule has 0 bridgehead atoms. The van der Waals surface area contributed by atoms with Crippen molar-refractivity contribution in [3.63, 3.8) is 0 Å². The fourth-order valence-corrected chi connectivity index (χ4v) is 3.28. The molecule has 2 amide bonds. The summed E-state index contributed by atoms with van der Waals surface area (Å²) in [6.45, 7) is 7.39. The van der Waals surface area contributed by atoms with E-state index in [0.29, 0.717) is 21.5 Å². The van der Waals surface area contributed by atoms with Gasteiger partial charge in [-0.25, -0.2) is 5.43 Å². The molecule has 1 unspecified atom stereocenters. The van der Waals surface area contributed by atoms with Crippen molar-refractivity contribution in [3.05, 3.63) is 75.2 Å². The minimum absolute atomic E-state index is 0.0491. The van der Waals surface area contributed by atoms with Gasteiger partial charge in [0.15, 0.2) is 0 Å². The minimum Gasteiger partial charge on any atom is -0.351 e. The monoisotopic (exact) mass is 440 g/mol. The molecule has 7 nitrogen and oxygen atoms in total. The van der Waals surface area contributed by atoms with E-state index in [4.69, 9.17) is 11.6 Å². The predicted molar refractivity (Wildman–Crippen MR) is 122 cm³/mol. The summed E-state index contributed by atoms with van der Waals surface area (Å²) in [5.41, 5.74) is 2.81. The zero-order chi connectivity index (χ0) is 22.8. The molecular weight excluding hydrogens is 416 g/mol. The number of benzene rings is 2. The van der Waals surface area contributed by atoms with E-state index in [1.807, 2.05) is 20.8 Å². The largest absolute Gasteiger partial charge is 0.351 e. The summed E-state index contributed by atoms with van der Waals surface area (Å²) in [5.74, 6) is -1.27. The number of fused-ring (bicyclic) bond motifs is 1. The number of amides is 2. The summed E-state index contributed by atoms with van der Waals surface area (Å²) in [6, 6.07) is 13.8. The molecule has 2 aromatic carbocycles. The molecule has 162 valence electrons. The molecule has 2 N–H and O–H groups in total. The van der Waals surface area contributed by atoms with Gasteiger partial charge in [-0.1, -0.05) is 41.9 Å². The van der Waals surface area contributed by atoms with Gasteiger partial charge in [0.2, 0.25) is 11.8 Å². The molecule has 0 aliphatic heterocycles. The van der Waals surface area contributed by atoms with E-state index in [1.165, 1.54) is 0 Å². The van der Waals surface area contributed by atoms with E-state index in [2.05, 4.69) is 15.8 Å². The SMILES string of the molecule is CC(C(=O)NC(C)(C)C)c1nn(NC(=O)Cc2ccc(Cl)cc2)c(=O)c2ccccc12. The lowest BCUT2D eigenvalue weighted by molar-refractivity contribution is -0.123. The van der Waals surface area contributed by atoms with Crippen LogP contribution in [0.3, 0.4) is 0 Å². The van der Waals surface area contributed by atoms with Crippen LogP contribution in [0.25, 0.3) is 10.8 Å². The van der Waals surface area contributed by atoms with Crippen LogP contribution in [0.5, 0.6) is 0 Å². The normalized spacial score (nSPS) is 12.4. The second-order valence-electron chi connectivity index (χ2n) is 8.45. The topological polar surface area (TPSA) is 93.1 Å². The number of nitrogens with one attached hydrogen (secondary N) is 2. The van der Waals surface area contributed by atoms with Gasteiger partial charge in [0.25, 0.3) is 5.56 Å². The average Bonchev–Trinajstić information content (AvgIpc) is 2.70. The van der Waals surface area contributed by atoms with E-state index in [1.54, 1.807) is 55.5 Å². The lowest BCUT2D eigenvalue weighted by atomic mass is 9.99. The molecule has 1 aromatic heterocycles. The van der Waals surface area contributed by atoms with Gasteiger partial charge in [0, 0.05) is 15.9 Å². The van der Waals surface area contributed by atoms with Crippen LogP contribution in [0, 0.1) is 0 Å². The van der Waals surface area contributed by atoms with Crippen molar-refractivity contribution in [2.24, 2.45) is 0 Å². The Balaban J connectivity index is 1.95. The highest BCUT2D eigenvalue weighted by Crippen LogP contribution is 2.22. The standard InChI is InChI=1S/C23H25ClN4O3/c1-14(21(30)25-23(2,3)4)20-17-7-5-6-8-18(17)22(31)28(27-20)26-19(29)13-15-9-11-16(24)12-10-15/h5-12,14H,13H2,1-4H3,(H,25,30)(H,26,29). The van der Waals surface area contributed by atoms with E-state index < -0.39 is 22.9 Å². The van der Waals surface area contributed by atoms with Crippen LogP contribution >= 0.6 is 11.6 Å². The van der Waals surface area contributed by atoms with Crippen LogP contribution in [0.1, 0.15) is 44.9 Å². The quantitative estimate of drug-likeness (QED) is 0.636. The van der Waals surface area contributed by atoms with Crippen molar-refractivity contribution >= 4 is 34.2 Å². The molecule has 8 heteroatoms. The van der Waals surface area contributed by atoms with E-state index >= 15 is 0 Å². The second-order valence-corrected chi connectivity index (χ2v) is 8.88. The van der Waals surface area contributed by atoms with Crippen molar-refractivity contribution in [2.75, 3.05) is 5.43 Å². The van der Waals surface area contributed by atoms with Crippen molar-refractivity contribution in [2.45, 2.75) is 45.6 Å². The number of rotatable bonds is 5. The summed E-state index contributed by atoms with van der Waals surface area (Å²) < 4.78 is 0. The summed E-state index contributed by atoms with van der Waals surface area (Å²) >= 11 is 5.88. The van der Waals surface area contributed by atoms with Crippen LogP contribution in [0.15, 0.2) is 53.3 Å². The Morgan fingerprint density at radius 2 is 1.68 bits per heavy atom. The summed E-state index contributed by atoms with van der Waals surface area (Å²) in [4.78, 5) is 39.1. The molecule has 31 heavy (non-hydrogen) atoms. The summed E-state index contributed by atoms with van der Waals surface area (Å²) in [7, 11) is 0. The van der Waals surface area contributed by atoms with Gasteiger partial charge in [-0.15, -0.1) is 4.79 Å². The maximum atomic E-state index is 12.9. The first kappa shape index (κ1) is 22.5. The second kappa shape index (κ2) is 8.89. The van der Waals surface area contributed by atoms with Crippen LogP contribution in [0.2, 0.25) is 5.02 Å². The molecule has 0 fully saturated rings. The Labute approximate surface area is 185 Å². The Kier molecular flexibility index (Phi) is 6.45. The molecule has 0 aliphatic carbocycles. The van der Waals surface area contributed by atoms with Gasteiger partial charge in [-0.05, 0) is 51.5 Å². The number of hydrogen-bond acceptors (Lipinski definition) is 4. The smallest absolute Gasteiger partial charge is 0.294 e. The van der Waals surface area contributed by atoms with Crippen molar-refractivity contribution in [1.29, 1.82) is 0 Å². The van der Waals surface area contributed by atoms with E-state index in [-0.39, 0.29) is 12.3 Å². The van der Waals surface area contributed by atoms with E-state index in [9.17, 15) is 14.4 Å². The molecule has 1 heterocycles. The van der Waals surface area contributed by atoms with Crippen LogP contribution in [-0.2, 0) is 16.0 Å². The lowest BCUT2D eigenvalue weighted by Crippen LogP contribution is -2.43. The maximum Gasteiger partial charge on any atom is 0.294 e.